The monoisotopic (exact) mass is 513 g/mol. The first-order valence-corrected chi connectivity index (χ1v) is 12.9. The second kappa shape index (κ2) is 10.7. The molecule has 4 aromatic rings. The molecular formula is C30H28ClN3O3. The van der Waals surface area contributed by atoms with E-state index < -0.39 is 5.97 Å². The summed E-state index contributed by atoms with van der Waals surface area (Å²) in [6.45, 7) is 1.95. The molecular weight excluding hydrogens is 486 g/mol. The Hall–Kier alpha value is -3.77. The average Bonchev–Trinajstić information content (AvgIpc) is 3.38. The number of nitrogens with one attached hydrogen (secondary N) is 1. The van der Waals surface area contributed by atoms with Crippen LogP contribution in [0.1, 0.15) is 53.8 Å². The molecule has 2 N–H and O–H groups in total. The first-order chi connectivity index (χ1) is 17.9. The molecule has 1 fully saturated rings. The topological polar surface area (TPSA) is 92.2 Å². The van der Waals surface area contributed by atoms with Gasteiger partial charge in [-0.05, 0) is 74.4 Å². The molecule has 1 heterocycles. The van der Waals surface area contributed by atoms with E-state index in [1.165, 1.54) is 0 Å². The van der Waals surface area contributed by atoms with Crippen LogP contribution >= 0.6 is 11.6 Å². The highest BCUT2D eigenvalue weighted by Gasteiger charge is 2.31. The number of halogens is 1. The second-order valence-electron chi connectivity index (χ2n) is 9.75. The smallest absolute Gasteiger partial charge is 0.306 e. The average molecular weight is 514 g/mol. The Morgan fingerprint density at radius 3 is 2.46 bits per heavy atom. The molecule has 3 aromatic carbocycles. The number of hydrogen-bond donors (Lipinski definition) is 2. The Morgan fingerprint density at radius 2 is 1.76 bits per heavy atom. The molecule has 1 aliphatic rings. The summed E-state index contributed by atoms with van der Waals surface area (Å²) in [5.74, 6) is -0.995. The molecule has 0 bridgehead atoms. The van der Waals surface area contributed by atoms with Gasteiger partial charge in [-0.1, -0.05) is 54.1 Å². The molecule has 1 aliphatic carbocycles. The highest BCUT2D eigenvalue weighted by atomic mass is 35.5. The largest absolute Gasteiger partial charge is 0.481 e. The maximum Gasteiger partial charge on any atom is 0.306 e. The minimum absolute atomic E-state index is 0.136. The number of hydrogen-bond acceptors (Lipinski definition) is 4. The molecule has 5 rings (SSSR count). The van der Waals surface area contributed by atoms with E-state index in [9.17, 15) is 14.7 Å². The van der Waals surface area contributed by atoms with Crippen LogP contribution in [0, 0.1) is 11.8 Å². The van der Waals surface area contributed by atoms with Gasteiger partial charge in [0.1, 0.15) is 0 Å². The number of nitrogens with zero attached hydrogens (tertiary/aromatic N) is 2. The van der Waals surface area contributed by atoms with Crippen molar-refractivity contribution in [3.63, 3.8) is 0 Å². The summed E-state index contributed by atoms with van der Waals surface area (Å²) in [6.07, 6.45) is 2.79. The van der Waals surface area contributed by atoms with Crippen molar-refractivity contribution < 1.29 is 14.7 Å². The fourth-order valence-electron chi connectivity index (χ4n) is 5.08. The van der Waals surface area contributed by atoms with Crippen LogP contribution in [0.4, 0.5) is 0 Å². The number of carboxylic acid groups (broad SMARTS) is 1. The first-order valence-electron chi connectivity index (χ1n) is 12.5. The lowest BCUT2D eigenvalue weighted by Gasteiger charge is -2.16. The van der Waals surface area contributed by atoms with Gasteiger partial charge in [-0.25, -0.2) is 9.97 Å². The Balaban J connectivity index is 1.47. The number of rotatable bonds is 7. The van der Waals surface area contributed by atoms with Crippen LogP contribution in [-0.4, -0.2) is 27.0 Å². The van der Waals surface area contributed by atoms with Crippen LogP contribution in [0.15, 0.2) is 72.8 Å². The molecule has 7 heteroatoms. The number of aromatic nitrogens is 2. The molecule has 0 aliphatic heterocycles. The minimum atomic E-state index is -0.731. The zero-order valence-electron chi connectivity index (χ0n) is 20.5. The maximum atomic E-state index is 13.0. The lowest BCUT2D eigenvalue weighted by atomic mass is 9.96. The molecule has 1 amide bonds. The van der Waals surface area contributed by atoms with Crippen molar-refractivity contribution in [2.24, 2.45) is 11.8 Å². The van der Waals surface area contributed by atoms with Crippen LogP contribution in [0.2, 0.25) is 5.02 Å². The highest BCUT2D eigenvalue weighted by molar-refractivity contribution is 6.30. The molecule has 0 spiro atoms. The molecule has 6 nitrogen and oxygen atoms in total. The summed E-state index contributed by atoms with van der Waals surface area (Å²) in [4.78, 5) is 34.4. The van der Waals surface area contributed by atoms with Gasteiger partial charge >= 0.3 is 5.97 Å². The third kappa shape index (κ3) is 5.65. The van der Waals surface area contributed by atoms with Gasteiger partial charge in [0.15, 0.2) is 0 Å². The Bertz CT molecular complexity index is 1440. The van der Waals surface area contributed by atoms with Crippen molar-refractivity contribution >= 4 is 34.5 Å². The predicted molar refractivity (Wildman–Crippen MR) is 144 cm³/mol. The maximum absolute atomic E-state index is 13.0. The number of carboxylic acids is 1. The van der Waals surface area contributed by atoms with E-state index in [0.717, 1.165) is 28.9 Å². The zero-order valence-corrected chi connectivity index (χ0v) is 21.3. The van der Waals surface area contributed by atoms with E-state index in [-0.39, 0.29) is 23.8 Å². The number of carbonyl (C=O) groups is 2. The van der Waals surface area contributed by atoms with Gasteiger partial charge < -0.3 is 10.4 Å². The van der Waals surface area contributed by atoms with Crippen LogP contribution in [0.25, 0.3) is 22.3 Å². The van der Waals surface area contributed by atoms with E-state index >= 15 is 0 Å². The van der Waals surface area contributed by atoms with Crippen LogP contribution in [-0.2, 0) is 11.2 Å². The summed E-state index contributed by atoms with van der Waals surface area (Å²) in [7, 11) is 0. The van der Waals surface area contributed by atoms with Gasteiger partial charge in [0.2, 0.25) is 0 Å². The summed E-state index contributed by atoms with van der Waals surface area (Å²) in [5.41, 5.74) is 5.35. The van der Waals surface area contributed by atoms with E-state index in [4.69, 9.17) is 21.6 Å². The summed E-state index contributed by atoms with van der Waals surface area (Å²) in [5, 5.41) is 13.1. The van der Waals surface area contributed by atoms with Gasteiger partial charge in [0.05, 0.1) is 34.4 Å². The van der Waals surface area contributed by atoms with Gasteiger partial charge in [-0.3, -0.25) is 9.59 Å². The molecule has 2 unspecified atom stereocenters. The van der Waals surface area contributed by atoms with Crippen LogP contribution < -0.4 is 5.32 Å². The van der Waals surface area contributed by atoms with Crippen molar-refractivity contribution in [3.05, 3.63) is 94.6 Å². The van der Waals surface area contributed by atoms with Crippen LogP contribution in [0.3, 0.4) is 0 Å². The van der Waals surface area contributed by atoms with Gasteiger partial charge in [-0.15, -0.1) is 0 Å². The fraction of sp³-hybridized carbons (Fsp3) is 0.267. The van der Waals surface area contributed by atoms with Crippen molar-refractivity contribution in [1.29, 1.82) is 0 Å². The summed E-state index contributed by atoms with van der Waals surface area (Å²) >= 11 is 6.11. The van der Waals surface area contributed by atoms with Crippen LogP contribution in [0.5, 0.6) is 0 Å². The second-order valence-corrected chi connectivity index (χ2v) is 10.2. The van der Waals surface area contributed by atoms with E-state index in [1.54, 1.807) is 12.1 Å². The molecule has 37 heavy (non-hydrogen) atoms. The van der Waals surface area contributed by atoms with E-state index in [1.807, 2.05) is 67.6 Å². The number of amides is 1. The number of benzene rings is 3. The molecule has 1 saturated carbocycles. The summed E-state index contributed by atoms with van der Waals surface area (Å²) in [6, 6.07) is 22.5. The SMILES string of the molecule is C[C@@H](NC(=O)c1ccc2nc(-c3ccc(Cl)cc3)c(CC3CCC(C(=O)O)C3)nc2c1)c1ccccc1. The quantitative estimate of drug-likeness (QED) is 0.295. The molecule has 3 atom stereocenters. The zero-order chi connectivity index (χ0) is 25.9. The highest BCUT2D eigenvalue weighted by Crippen LogP contribution is 2.35. The fourth-order valence-corrected chi connectivity index (χ4v) is 5.20. The molecule has 1 aromatic heterocycles. The number of fused-ring (bicyclic) bond motifs is 1. The Labute approximate surface area is 220 Å². The van der Waals surface area contributed by atoms with Gasteiger partial charge in [-0.2, -0.15) is 0 Å². The number of aliphatic carboxylic acids is 1. The number of carbonyl (C=O) groups excluding carboxylic acids is 1. The predicted octanol–water partition coefficient (Wildman–Crippen LogP) is 6.48. The van der Waals surface area contributed by atoms with Crippen molar-refractivity contribution in [2.45, 2.75) is 38.6 Å². The van der Waals surface area contributed by atoms with Crippen molar-refractivity contribution in [3.8, 4) is 11.3 Å². The molecule has 0 radical (unpaired) electrons. The Kier molecular flexibility index (Phi) is 7.19. The van der Waals surface area contributed by atoms with Crippen molar-refractivity contribution in [2.75, 3.05) is 0 Å². The molecule has 188 valence electrons. The third-order valence-corrected chi connectivity index (χ3v) is 7.39. The lowest BCUT2D eigenvalue weighted by Crippen LogP contribution is -2.26. The first kappa shape index (κ1) is 24.9. The minimum Gasteiger partial charge on any atom is -0.481 e. The van der Waals surface area contributed by atoms with E-state index in [2.05, 4.69) is 5.32 Å². The third-order valence-electron chi connectivity index (χ3n) is 7.14. The lowest BCUT2D eigenvalue weighted by molar-refractivity contribution is -0.141. The standard InChI is InChI=1S/C30H28ClN3O3/c1-18(20-5-3-2-4-6-20)32-29(35)22-11-14-25-26(17-22)33-27(16-19-7-8-23(15-19)30(36)37)28(34-25)21-9-12-24(31)13-10-21/h2-6,9-14,17-19,23H,7-8,15-16H2,1H3,(H,32,35)(H,36,37)/t18-,19?,23?/m1/s1. The molecule has 0 saturated heterocycles. The normalized spacial score (nSPS) is 18.0. The summed E-state index contributed by atoms with van der Waals surface area (Å²) < 4.78 is 0. The van der Waals surface area contributed by atoms with Gasteiger partial charge in [0, 0.05) is 16.1 Å². The van der Waals surface area contributed by atoms with Gasteiger partial charge in [0.25, 0.3) is 5.91 Å². The van der Waals surface area contributed by atoms with E-state index in [0.29, 0.717) is 40.9 Å². The Morgan fingerprint density at radius 1 is 1.00 bits per heavy atom. The van der Waals surface area contributed by atoms with Crippen molar-refractivity contribution in [1.82, 2.24) is 15.3 Å².